The summed E-state index contributed by atoms with van der Waals surface area (Å²) in [5.41, 5.74) is 2.32. The van der Waals surface area contributed by atoms with Crippen LogP contribution >= 0.6 is 0 Å². The molecule has 0 aromatic heterocycles. The van der Waals surface area contributed by atoms with Crippen molar-refractivity contribution in [3.8, 4) is 11.5 Å². The van der Waals surface area contributed by atoms with E-state index in [1.807, 2.05) is 0 Å². The van der Waals surface area contributed by atoms with Crippen LogP contribution in [0.2, 0.25) is 0 Å². The lowest BCUT2D eigenvalue weighted by molar-refractivity contribution is 0.396. The predicted octanol–water partition coefficient (Wildman–Crippen LogP) is 8.76. The number of phenolic OH excluding ortho intramolecular Hbond substituents is 2. The van der Waals surface area contributed by atoms with Crippen molar-refractivity contribution in [1.82, 2.24) is 0 Å². The lowest BCUT2D eigenvalue weighted by Crippen LogP contribution is -2.07. The fourth-order valence-corrected chi connectivity index (χ4v) is 11.9. The van der Waals surface area contributed by atoms with Gasteiger partial charge in [0.05, 0.1) is 67.2 Å². The standard InChI is InChI=1S/C44H39N9O20S6/c1-70-76(62,63)29-13-10-27(11-14-29)46-48-28-12-16-33(24(18-28)22-74(56,57)58)49-53-41-37(78(66,67)72-3)20-31-30(42(41)54)15-17-34(44(31)79(68,69)73-4)50-51-35-21-36(77(64,65)71-2)32-19-25(23-75(59,60)61)40(43(55)38(32)39(35)45)52-47-26-8-6-5-7-9-26/h5-21,54-55H,22-23,45H2,1-4H3,(H,56,57,58)(H,59,60,61). The Balaban J connectivity index is 1.39. The van der Waals surface area contributed by atoms with Gasteiger partial charge in [-0.1, -0.05) is 18.2 Å². The van der Waals surface area contributed by atoms with Crippen LogP contribution in [0.25, 0.3) is 21.5 Å². The highest BCUT2D eigenvalue weighted by atomic mass is 32.2. The highest BCUT2D eigenvalue weighted by Gasteiger charge is 2.31. The molecule has 0 heterocycles. The zero-order valence-electron chi connectivity index (χ0n) is 40.7. The Hall–Kier alpha value is -7.68. The van der Waals surface area contributed by atoms with Crippen molar-refractivity contribution in [1.29, 1.82) is 0 Å². The molecule has 7 aromatic carbocycles. The molecule has 6 N–H and O–H groups in total. The third kappa shape index (κ3) is 13.1. The Bertz CT molecular complexity index is 4450. The molecule has 29 nitrogen and oxygen atoms in total. The number of phenols is 2. The molecule has 79 heavy (non-hydrogen) atoms. The second kappa shape index (κ2) is 22.6. The van der Waals surface area contributed by atoms with Gasteiger partial charge in [-0.25, -0.2) is 0 Å². The lowest BCUT2D eigenvalue weighted by atomic mass is 10.0. The molecular weight excluding hydrogens is 1170 g/mol. The number of aromatic hydroxyl groups is 2. The van der Waals surface area contributed by atoms with E-state index in [2.05, 4.69) is 45.1 Å². The number of benzene rings is 7. The van der Waals surface area contributed by atoms with Gasteiger partial charge in [0.2, 0.25) is 0 Å². The van der Waals surface area contributed by atoms with Crippen LogP contribution in [0.1, 0.15) is 11.1 Å². The van der Waals surface area contributed by atoms with Crippen LogP contribution in [0.3, 0.4) is 0 Å². The van der Waals surface area contributed by atoms with E-state index >= 15 is 0 Å². The van der Waals surface area contributed by atoms with E-state index in [-0.39, 0.29) is 33.2 Å². The Morgan fingerprint density at radius 3 is 1.54 bits per heavy atom. The van der Waals surface area contributed by atoms with Crippen LogP contribution in [-0.2, 0) is 88.9 Å². The van der Waals surface area contributed by atoms with E-state index in [0.29, 0.717) is 20.3 Å². The Kier molecular flexibility index (Phi) is 16.9. The van der Waals surface area contributed by atoms with Crippen molar-refractivity contribution in [2.24, 2.45) is 40.9 Å². The van der Waals surface area contributed by atoms with Crippen LogP contribution in [0.4, 0.5) is 51.2 Å². The largest absolute Gasteiger partial charge is 0.505 e. The lowest BCUT2D eigenvalue weighted by Gasteiger charge is -2.16. The molecule has 0 aliphatic carbocycles. The zero-order valence-corrected chi connectivity index (χ0v) is 45.6. The minimum absolute atomic E-state index is 0.0348. The Morgan fingerprint density at radius 2 is 0.937 bits per heavy atom. The summed E-state index contributed by atoms with van der Waals surface area (Å²) in [5.74, 6) is -4.38. The number of hydrogen-bond acceptors (Lipinski definition) is 27. The first-order chi connectivity index (χ1) is 36.9. The van der Waals surface area contributed by atoms with Crippen LogP contribution in [-0.4, -0.2) is 98.3 Å². The third-order valence-electron chi connectivity index (χ3n) is 11.0. The summed E-state index contributed by atoms with van der Waals surface area (Å²) >= 11 is 0. The van der Waals surface area contributed by atoms with Gasteiger partial charge in [-0.3, -0.25) is 25.8 Å². The summed E-state index contributed by atoms with van der Waals surface area (Å²) in [6, 6.07) is 20.6. The average Bonchev–Trinajstić information content (AvgIpc) is 3.59. The summed E-state index contributed by atoms with van der Waals surface area (Å²) < 4.78 is 193. The average molecular weight is 1210 g/mol. The molecule has 0 atom stereocenters. The van der Waals surface area contributed by atoms with Crippen molar-refractivity contribution >= 4 is 133 Å². The number of hydrogen-bond donors (Lipinski definition) is 5. The molecular formula is C44H39N9O20S6. The van der Waals surface area contributed by atoms with Gasteiger partial charge in [-0.05, 0) is 90.5 Å². The molecule has 7 rings (SSSR count). The highest BCUT2D eigenvalue weighted by Crippen LogP contribution is 2.50. The maximum absolute atomic E-state index is 13.8. The van der Waals surface area contributed by atoms with Crippen molar-refractivity contribution in [3.05, 3.63) is 114 Å². The number of rotatable bonds is 20. The first-order valence-corrected chi connectivity index (χ1v) is 30.3. The van der Waals surface area contributed by atoms with Crippen LogP contribution in [0, 0.1) is 0 Å². The minimum atomic E-state index is -5.07. The molecule has 0 aliphatic rings. The second-order valence-corrected chi connectivity index (χ2v) is 25.6. The quantitative estimate of drug-likeness (QED) is 0.0206. The molecule has 0 saturated heterocycles. The molecule has 7 aromatic rings. The van der Waals surface area contributed by atoms with Gasteiger partial charge in [-0.15, -0.1) is 20.5 Å². The molecule has 0 bridgehead atoms. The van der Waals surface area contributed by atoms with Crippen molar-refractivity contribution < 1.29 is 86.6 Å². The fraction of sp³-hybridized carbons (Fsp3) is 0.136. The number of fused-ring (bicyclic) bond motifs is 2. The predicted molar refractivity (Wildman–Crippen MR) is 279 cm³/mol. The SMILES string of the molecule is COS(=O)(=O)c1ccc(N=Nc2ccc(N=Nc3c(S(=O)(=O)OC)cc4c(S(=O)(=O)OC)c(N=Nc5cc(S(=O)(=O)OC)c6cc(CS(=O)(=O)O)c(N=Nc7ccccc7)c(O)c6c5N)ccc4c3O)c(CS(=O)(=O)O)c2)cc1. The van der Waals surface area contributed by atoms with Crippen molar-refractivity contribution in [2.45, 2.75) is 31.1 Å². The molecule has 416 valence electrons. The van der Waals surface area contributed by atoms with Gasteiger partial charge in [0.15, 0.2) is 11.5 Å². The molecule has 0 unspecified atom stereocenters. The first-order valence-electron chi connectivity index (χ1n) is 21.5. The van der Waals surface area contributed by atoms with E-state index in [9.17, 15) is 69.8 Å². The normalized spacial score (nSPS) is 13.3. The van der Waals surface area contributed by atoms with Gasteiger partial charge in [-0.2, -0.15) is 71.0 Å². The second-order valence-electron chi connectivity index (χ2n) is 15.9. The van der Waals surface area contributed by atoms with Gasteiger partial charge in [0, 0.05) is 21.7 Å². The molecule has 35 heteroatoms. The number of nitrogen functional groups attached to an aromatic ring is 1. The van der Waals surface area contributed by atoms with Gasteiger partial charge < -0.3 is 15.9 Å². The molecule has 0 saturated carbocycles. The summed E-state index contributed by atoms with van der Waals surface area (Å²) in [6.07, 6.45) is 0. The fourth-order valence-electron chi connectivity index (χ4n) is 7.32. The van der Waals surface area contributed by atoms with Crippen LogP contribution in [0.5, 0.6) is 11.5 Å². The number of anilines is 1. The molecule has 0 radical (unpaired) electrons. The molecule has 0 fully saturated rings. The summed E-state index contributed by atoms with van der Waals surface area (Å²) in [5, 5.41) is 53.0. The van der Waals surface area contributed by atoms with Crippen LogP contribution in [0.15, 0.2) is 164 Å². The van der Waals surface area contributed by atoms with E-state index < -0.39 is 154 Å². The van der Waals surface area contributed by atoms with E-state index in [1.54, 1.807) is 18.2 Å². The van der Waals surface area contributed by atoms with Gasteiger partial charge >= 0.3 is 0 Å². The first kappa shape index (κ1) is 59.0. The molecule has 0 aliphatic heterocycles. The van der Waals surface area contributed by atoms with Gasteiger partial charge in [0.1, 0.15) is 48.9 Å². The number of azo groups is 4. The molecule has 0 amide bonds. The number of nitrogens with two attached hydrogens (primary N) is 1. The maximum Gasteiger partial charge on any atom is 0.299 e. The summed E-state index contributed by atoms with van der Waals surface area (Å²) in [7, 11) is -25.6. The van der Waals surface area contributed by atoms with E-state index in [1.165, 1.54) is 42.5 Å². The Morgan fingerprint density at radius 1 is 0.430 bits per heavy atom. The van der Waals surface area contributed by atoms with Crippen molar-refractivity contribution in [2.75, 3.05) is 34.2 Å². The van der Waals surface area contributed by atoms with Gasteiger partial charge in [0.25, 0.3) is 60.7 Å². The Labute approximate surface area is 449 Å². The monoisotopic (exact) mass is 1210 g/mol. The minimum Gasteiger partial charge on any atom is -0.505 e. The molecule has 0 spiro atoms. The zero-order chi connectivity index (χ0) is 58.0. The topological polar surface area (TPSA) is 448 Å². The summed E-state index contributed by atoms with van der Waals surface area (Å²) in [4.78, 5) is -3.03. The maximum atomic E-state index is 13.8. The summed E-state index contributed by atoms with van der Waals surface area (Å²) in [6.45, 7) is 0. The van der Waals surface area contributed by atoms with E-state index in [4.69, 9.17) is 18.3 Å². The third-order valence-corrected chi connectivity index (χ3v) is 17.6. The van der Waals surface area contributed by atoms with Crippen LogP contribution < -0.4 is 5.73 Å². The van der Waals surface area contributed by atoms with E-state index in [0.717, 1.165) is 50.6 Å². The smallest absolute Gasteiger partial charge is 0.299 e. The number of nitrogens with zero attached hydrogens (tertiary/aromatic N) is 8. The van der Waals surface area contributed by atoms with Crippen molar-refractivity contribution in [3.63, 3.8) is 0 Å². The highest BCUT2D eigenvalue weighted by molar-refractivity contribution is 7.88.